The van der Waals surface area contributed by atoms with E-state index in [-0.39, 0.29) is 6.09 Å². The number of carbonyl (C=O) groups is 1. The van der Waals surface area contributed by atoms with E-state index in [2.05, 4.69) is 27.3 Å². The lowest BCUT2D eigenvalue weighted by Gasteiger charge is -2.32. The first-order valence-corrected chi connectivity index (χ1v) is 10.2. The fourth-order valence-electron chi connectivity index (χ4n) is 3.86. The molecule has 0 bridgehead atoms. The number of hydrogen-bond acceptors (Lipinski definition) is 5. The van der Waals surface area contributed by atoms with E-state index in [1.54, 1.807) is 4.90 Å². The van der Waals surface area contributed by atoms with E-state index in [1.165, 1.54) is 12.8 Å². The molecule has 1 aromatic carbocycles. The van der Waals surface area contributed by atoms with E-state index in [4.69, 9.17) is 4.74 Å². The second-order valence-electron chi connectivity index (χ2n) is 7.55. The van der Waals surface area contributed by atoms with E-state index in [1.807, 2.05) is 36.5 Å². The maximum Gasteiger partial charge on any atom is 0.410 e. The molecular formula is C22H28N4O2. The Morgan fingerprint density at radius 3 is 2.46 bits per heavy atom. The maximum absolute atomic E-state index is 12.3. The van der Waals surface area contributed by atoms with Crippen molar-refractivity contribution in [2.45, 2.75) is 38.3 Å². The molecule has 2 saturated heterocycles. The minimum atomic E-state index is -0.223. The van der Waals surface area contributed by atoms with Gasteiger partial charge in [0.2, 0.25) is 0 Å². The lowest BCUT2D eigenvalue weighted by molar-refractivity contribution is 0.0882. The molecule has 28 heavy (non-hydrogen) atoms. The number of anilines is 2. The smallest absolute Gasteiger partial charge is 0.410 e. The van der Waals surface area contributed by atoms with Gasteiger partial charge in [-0.1, -0.05) is 30.3 Å². The predicted molar refractivity (Wildman–Crippen MR) is 111 cm³/mol. The molecule has 2 aliphatic heterocycles. The Kier molecular flexibility index (Phi) is 5.95. The van der Waals surface area contributed by atoms with Gasteiger partial charge < -0.3 is 19.9 Å². The molecular weight excluding hydrogens is 352 g/mol. The zero-order chi connectivity index (χ0) is 19.2. The third-order valence-electron chi connectivity index (χ3n) is 5.51. The Bertz CT molecular complexity index is 752. The van der Waals surface area contributed by atoms with Gasteiger partial charge >= 0.3 is 6.09 Å². The number of likely N-dealkylation sites (tertiary alicyclic amines) is 1. The number of amides is 1. The van der Waals surface area contributed by atoms with E-state index >= 15 is 0 Å². The van der Waals surface area contributed by atoms with Crippen molar-refractivity contribution in [1.29, 1.82) is 0 Å². The molecule has 3 heterocycles. The highest BCUT2D eigenvalue weighted by atomic mass is 16.6. The molecule has 148 valence electrons. The van der Waals surface area contributed by atoms with E-state index in [9.17, 15) is 4.79 Å². The standard InChI is InChI=1S/C22H28N4O2/c27-22(28-17-18-6-2-1-3-7-18)26-14-10-19(11-15-26)24-20-8-9-21(23-16-20)25-12-4-5-13-25/h1-3,6-9,16,19,24H,4-5,10-15,17H2. The minimum absolute atomic E-state index is 0.223. The molecule has 6 nitrogen and oxygen atoms in total. The van der Waals surface area contributed by atoms with Crippen LogP contribution in [0.5, 0.6) is 0 Å². The number of pyridine rings is 1. The monoisotopic (exact) mass is 380 g/mol. The average molecular weight is 380 g/mol. The van der Waals surface area contributed by atoms with Crippen molar-refractivity contribution in [2.24, 2.45) is 0 Å². The fourth-order valence-corrected chi connectivity index (χ4v) is 3.86. The Labute approximate surface area is 166 Å². The fraction of sp³-hybridized carbons (Fsp3) is 0.455. The summed E-state index contributed by atoms with van der Waals surface area (Å²) in [5.41, 5.74) is 2.06. The third kappa shape index (κ3) is 4.74. The lowest BCUT2D eigenvalue weighted by Crippen LogP contribution is -2.42. The van der Waals surface area contributed by atoms with Crippen LogP contribution in [0.15, 0.2) is 48.7 Å². The highest BCUT2D eigenvalue weighted by Gasteiger charge is 2.24. The SMILES string of the molecule is O=C(OCc1ccccc1)N1CCC(Nc2ccc(N3CCCC3)nc2)CC1. The predicted octanol–water partition coefficient (Wildman–Crippen LogP) is 3.89. The van der Waals surface area contributed by atoms with Crippen LogP contribution in [-0.4, -0.2) is 48.2 Å². The van der Waals surface area contributed by atoms with Crippen LogP contribution in [0.25, 0.3) is 0 Å². The van der Waals surface area contributed by atoms with Crippen molar-refractivity contribution < 1.29 is 9.53 Å². The molecule has 2 aliphatic rings. The molecule has 1 amide bonds. The van der Waals surface area contributed by atoms with Gasteiger partial charge in [-0.25, -0.2) is 9.78 Å². The van der Waals surface area contributed by atoms with Gasteiger partial charge in [0, 0.05) is 32.2 Å². The van der Waals surface area contributed by atoms with Gasteiger partial charge in [-0.15, -0.1) is 0 Å². The van der Waals surface area contributed by atoms with Crippen LogP contribution in [-0.2, 0) is 11.3 Å². The van der Waals surface area contributed by atoms with Gasteiger partial charge in [0.15, 0.2) is 0 Å². The summed E-state index contributed by atoms with van der Waals surface area (Å²) >= 11 is 0. The van der Waals surface area contributed by atoms with Gasteiger partial charge in [-0.3, -0.25) is 0 Å². The number of aromatic nitrogens is 1. The number of nitrogens with one attached hydrogen (secondary N) is 1. The van der Waals surface area contributed by atoms with Gasteiger partial charge in [0.05, 0.1) is 11.9 Å². The normalized spacial score (nSPS) is 17.6. The molecule has 2 aromatic rings. The topological polar surface area (TPSA) is 57.7 Å². The zero-order valence-corrected chi connectivity index (χ0v) is 16.2. The van der Waals surface area contributed by atoms with Crippen LogP contribution >= 0.6 is 0 Å². The Balaban J connectivity index is 1.21. The first kappa shape index (κ1) is 18.6. The molecule has 1 N–H and O–H groups in total. The summed E-state index contributed by atoms with van der Waals surface area (Å²) in [6.07, 6.45) is 6.04. The van der Waals surface area contributed by atoms with Crippen LogP contribution in [0.1, 0.15) is 31.2 Å². The first-order valence-electron chi connectivity index (χ1n) is 10.2. The second-order valence-corrected chi connectivity index (χ2v) is 7.55. The van der Waals surface area contributed by atoms with Crippen molar-refractivity contribution in [3.63, 3.8) is 0 Å². The molecule has 4 rings (SSSR count). The van der Waals surface area contributed by atoms with Crippen LogP contribution in [0.2, 0.25) is 0 Å². The second kappa shape index (κ2) is 8.95. The molecule has 6 heteroatoms. The van der Waals surface area contributed by atoms with Gasteiger partial charge in [-0.2, -0.15) is 0 Å². The summed E-state index contributed by atoms with van der Waals surface area (Å²) in [5.74, 6) is 1.07. The van der Waals surface area contributed by atoms with Crippen LogP contribution in [0, 0.1) is 0 Å². The molecule has 0 spiro atoms. The number of hydrogen-bond donors (Lipinski definition) is 1. The van der Waals surface area contributed by atoms with Gasteiger partial charge in [-0.05, 0) is 43.4 Å². The van der Waals surface area contributed by atoms with Crippen LogP contribution < -0.4 is 10.2 Å². The quantitative estimate of drug-likeness (QED) is 0.853. The van der Waals surface area contributed by atoms with E-state index in [0.717, 1.165) is 43.0 Å². The number of benzene rings is 1. The Morgan fingerprint density at radius 1 is 1.04 bits per heavy atom. The summed E-state index contributed by atoms with van der Waals surface area (Å²) in [6.45, 7) is 3.97. The molecule has 2 fully saturated rings. The average Bonchev–Trinajstić information content (AvgIpc) is 3.29. The molecule has 0 unspecified atom stereocenters. The van der Waals surface area contributed by atoms with Crippen molar-refractivity contribution >= 4 is 17.6 Å². The van der Waals surface area contributed by atoms with Crippen molar-refractivity contribution in [1.82, 2.24) is 9.88 Å². The number of rotatable bonds is 5. The van der Waals surface area contributed by atoms with Crippen molar-refractivity contribution in [3.05, 3.63) is 54.2 Å². The Morgan fingerprint density at radius 2 is 1.79 bits per heavy atom. The minimum Gasteiger partial charge on any atom is -0.445 e. The van der Waals surface area contributed by atoms with E-state index in [0.29, 0.717) is 25.7 Å². The summed E-state index contributed by atoms with van der Waals surface area (Å²) < 4.78 is 5.43. The van der Waals surface area contributed by atoms with Crippen LogP contribution in [0.3, 0.4) is 0 Å². The highest BCUT2D eigenvalue weighted by molar-refractivity contribution is 5.67. The van der Waals surface area contributed by atoms with Crippen LogP contribution in [0.4, 0.5) is 16.3 Å². The molecule has 0 radical (unpaired) electrons. The maximum atomic E-state index is 12.3. The first-order chi connectivity index (χ1) is 13.8. The van der Waals surface area contributed by atoms with Crippen molar-refractivity contribution in [3.8, 4) is 0 Å². The lowest BCUT2D eigenvalue weighted by atomic mass is 10.1. The number of ether oxygens (including phenoxy) is 1. The molecule has 0 aliphatic carbocycles. The number of nitrogens with zero attached hydrogens (tertiary/aromatic N) is 3. The summed E-state index contributed by atoms with van der Waals surface area (Å²) in [7, 11) is 0. The summed E-state index contributed by atoms with van der Waals surface area (Å²) in [6, 6.07) is 14.4. The molecule has 0 atom stereocenters. The third-order valence-corrected chi connectivity index (χ3v) is 5.51. The largest absolute Gasteiger partial charge is 0.445 e. The number of carbonyl (C=O) groups excluding carboxylic acids is 1. The Hall–Kier alpha value is -2.76. The summed E-state index contributed by atoms with van der Waals surface area (Å²) in [4.78, 5) is 21.0. The van der Waals surface area contributed by atoms with Crippen molar-refractivity contribution in [2.75, 3.05) is 36.4 Å². The van der Waals surface area contributed by atoms with Gasteiger partial charge in [0.1, 0.15) is 12.4 Å². The summed E-state index contributed by atoms with van der Waals surface area (Å²) in [5, 5.41) is 3.56. The number of piperidine rings is 1. The van der Waals surface area contributed by atoms with Gasteiger partial charge in [0.25, 0.3) is 0 Å². The van der Waals surface area contributed by atoms with E-state index < -0.39 is 0 Å². The molecule has 1 aromatic heterocycles. The molecule has 0 saturated carbocycles. The zero-order valence-electron chi connectivity index (χ0n) is 16.2. The highest BCUT2D eigenvalue weighted by Crippen LogP contribution is 2.21.